The minimum Gasteiger partial charge on any atom is -0.456 e. The molecule has 2 heterocycles. The summed E-state index contributed by atoms with van der Waals surface area (Å²) in [5, 5.41) is 6.56. The van der Waals surface area contributed by atoms with Gasteiger partial charge in [-0.25, -0.2) is 0 Å². The quantitative estimate of drug-likeness (QED) is 0.169. The molecule has 0 bridgehead atoms. The number of rotatable bonds is 6. The Kier molecular flexibility index (Phi) is 5.92. The monoisotopic (exact) mass is 761 g/mol. The highest BCUT2D eigenvalue weighted by Crippen LogP contribution is 2.45. The largest absolute Gasteiger partial charge is 0.456 e. The van der Waals surface area contributed by atoms with Crippen LogP contribution in [0, 0.1) is 0 Å². The number of anilines is 3. The van der Waals surface area contributed by atoms with Crippen LogP contribution in [0.5, 0.6) is 0 Å². The van der Waals surface area contributed by atoms with Crippen molar-refractivity contribution in [2.75, 3.05) is 4.90 Å². The van der Waals surface area contributed by atoms with Crippen molar-refractivity contribution >= 4 is 82.5 Å². The minimum atomic E-state index is -0.444. The first-order chi connectivity index (χ1) is 32.6. The Bertz CT molecular complexity index is 4000. The Morgan fingerprint density at radius 1 is 0.356 bits per heavy atom. The van der Waals surface area contributed by atoms with E-state index in [1.165, 1.54) is 4.90 Å². The van der Waals surface area contributed by atoms with Gasteiger partial charge in [-0.2, -0.15) is 0 Å². The van der Waals surface area contributed by atoms with Crippen LogP contribution in [0.4, 0.5) is 17.1 Å². The molecule has 276 valence electrons. The molecular weight excluding hydrogens is 719 g/mol. The zero-order valence-corrected chi connectivity index (χ0v) is 31.4. The predicted octanol–water partition coefficient (Wildman–Crippen LogP) is 16.3. The maximum Gasteiger partial charge on any atom is 0.143 e. The highest BCUT2D eigenvalue weighted by molar-refractivity contribution is 6.19. The van der Waals surface area contributed by atoms with Gasteiger partial charge in [0.15, 0.2) is 0 Å². The first-order valence-corrected chi connectivity index (χ1v) is 19.4. The Balaban J connectivity index is 1.12. The van der Waals surface area contributed by atoms with Crippen LogP contribution in [0.15, 0.2) is 221 Å². The maximum absolute atomic E-state index is 9.81. The Labute approximate surface area is 351 Å². The number of benzene rings is 10. The molecule has 3 nitrogen and oxygen atoms in total. The second-order valence-electron chi connectivity index (χ2n) is 14.6. The fraction of sp³-hybridized carbons (Fsp3) is 0. The van der Waals surface area contributed by atoms with E-state index in [2.05, 4.69) is 6.07 Å². The normalized spacial score (nSPS) is 13.6. The maximum atomic E-state index is 9.81. The predicted molar refractivity (Wildman–Crippen MR) is 247 cm³/mol. The van der Waals surface area contributed by atoms with Gasteiger partial charge in [-0.1, -0.05) is 145 Å². The minimum absolute atomic E-state index is 0.0514. The molecule has 12 rings (SSSR count). The Morgan fingerprint density at radius 3 is 1.76 bits per heavy atom. The van der Waals surface area contributed by atoms with Crippen LogP contribution in [0.2, 0.25) is 0 Å². The molecule has 0 radical (unpaired) electrons. The highest BCUT2D eigenvalue weighted by atomic mass is 16.3. The second kappa shape index (κ2) is 13.4. The van der Waals surface area contributed by atoms with Crippen LogP contribution in [0.1, 0.15) is 11.0 Å². The first-order valence-electron chi connectivity index (χ1n) is 23.4. The second-order valence-corrected chi connectivity index (χ2v) is 14.6. The number of hydrogen-bond acceptors (Lipinski definition) is 3. The lowest BCUT2D eigenvalue weighted by Gasteiger charge is -2.26. The third kappa shape index (κ3) is 5.51. The molecular formula is C56H35NO2. The van der Waals surface area contributed by atoms with E-state index in [4.69, 9.17) is 8.83 Å². The average Bonchev–Trinajstić information content (AvgIpc) is 3.94. The van der Waals surface area contributed by atoms with Gasteiger partial charge < -0.3 is 13.7 Å². The van der Waals surface area contributed by atoms with E-state index in [9.17, 15) is 11.0 Å². The Hall–Kier alpha value is -7.88. The van der Waals surface area contributed by atoms with Crippen LogP contribution in [-0.2, 0) is 0 Å². The summed E-state index contributed by atoms with van der Waals surface area (Å²) in [6, 6.07) is 48.2. The van der Waals surface area contributed by atoms with Gasteiger partial charge in [-0.05, 0) is 116 Å². The highest BCUT2D eigenvalue weighted by Gasteiger charge is 2.21. The van der Waals surface area contributed by atoms with Gasteiger partial charge in [0.2, 0.25) is 0 Å². The molecule has 2 aromatic heterocycles. The van der Waals surface area contributed by atoms with Crippen LogP contribution in [-0.4, -0.2) is 0 Å². The first kappa shape index (κ1) is 26.1. The zero-order chi connectivity index (χ0) is 45.8. The average molecular weight is 762 g/mol. The molecule has 0 atom stereocenters. The number of hydrogen-bond donors (Lipinski definition) is 0. The van der Waals surface area contributed by atoms with Crippen molar-refractivity contribution in [3.05, 3.63) is 212 Å². The topological polar surface area (TPSA) is 29.5 Å². The van der Waals surface area contributed by atoms with Crippen molar-refractivity contribution in [1.29, 1.82) is 0 Å². The summed E-state index contributed by atoms with van der Waals surface area (Å²) in [5.74, 6) is 0. The molecule has 0 amide bonds. The third-order valence-corrected chi connectivity index (χ3v) is 11.2. The van der Waals surface area contributed by atoms with Crippen LogP contribution < -0.4 is 4.90 Å². The van der Waals surface area contributed by atoms with Crippen LogP contribution in [0.25, 0.3) is 98.8 Å². The summed E-state index contributed by atoms with van der Waals surface area (Å²) in [7, 11) is 0. The summed E-state index contributed by atoms with van der Waals surface area (Å²) in [5.41, 5.74) is 4.77. The van der Waals surface area contributed by atoms with E-state index in [0.717, 1.165) is 38.1 Å². The molecule has 0 N–H and O–H groups in total. The molecule has 12 aromatic rings. The van der Waals surface area contributed by atoms with E-state index < -0.39 is 24.2 Å². The zero-order valence-electron chi connectivity index (χ0n) is 39.4. The summed E-state index contributed by atoms with van der Waals surface area (Å²) < 4.78 is 90.5. The summed E-state index contributed by atoms with van der Waals surface area (Å²) in [6.07, 6.45) is 0. The van der Waals surface area contributed by atoms with Gasteiger partial charge in [-0.3, -0.25) is 0 Å². The van der Waals surface area contributed by atoms with Crippen molar-refractivity contribution in [3.8, 4) is 33.4 Å². The standard InChI is InChI=1S/C56H35NO2/c1-2-12-40-35-43(23-22-36(40)10-1)42-14-7-13-41(34-42)37-24-29-44(30-25-37)57(50-18-9-21-53-55(50)49-33-28-38-11-3-4-15-47(38)56(49)59-53)45-31-26-39(27-32-45)46-17-8-20-52-54(46)48-16-5-6-19-51(48)58-52/h1-35H/i24D,25D,26D,27D,29D,30D,31D,32D. The number of nitrogens with zero attached hydrogens (tertiary/aromatic N) is 1. The smallest absolute Gasteiger partial charge is 0.143 e. The van der Waals surface area contributed by atoms with E-state index in [-0.39, 0.29) is 52.4 Å². The number of furan rings is 2. The van der Waals surface area contributed by atoms with Gasteiger partial charge in [0, 0.05) is 32.9 Å². The molecule has 0 fully saturated rings. The fourth-order valence-electron chi connectivity index (χ4n) is 8.39. The van der Waals surface area contributed by atoms with E-state index >= 15 is 0 Å². The molecule has 0 saturated carbocycles. The lowest BCUT2D eigenvalue weighted by atomic mass is 9.97. The fourth-order valence-corrected chi connectivity index (χ4v) is 8.39. The third-order valence-electron chi connectivity index (χ3n) is 11.2. The molecule has 0 saturated heterocycles. The molecule has 0 aliphatic heterocycles. The van der Waals surface area contributed by atoms with Crippen LogP contribution >= 0.6 is 0 Å². The van der Waals surface area contributed by atoms with E-state index in [1.54, 1.807) is 42.5 Å². The van der Waals surface area contributed by atoms with Crippen molar-refractivity contribution in [1.82, 2.24) is 0 Å². The molecule has 3 heteroatoms. The summed E-state index contributed by atoms with van der Waals surface area (Å²) in [4.78, 5) is 1.36. The molecule has 59 heavy (non-hydrogen) atoms. The summed E-state index contributed by atoms with van der Waals surface area (Å²) >= 11 is 0. The van der Waals surface area contributed by atoms with E-state index in [1.807, 2.05) is 115 Å². The lowest BCUT2D eigenvalue weighted by Crippen LogP contribution is -2.10. The van der Waals surface area contributed by atoms with Crippen molar-refractivity contribution < 1.29 is 19.8 Å². The summed E-state index contributed by atoms with van der Waals surface area (Å²) in [6.45, 7) is 0. The Morgan fingerprint density at radius 2 is 0.949 bits per heavy atom. The van der Waals surface area contributed by atoms with Gasteiger partial charge >= 0.3 is 0 Å². The van der Waals surface area contributed by atoms with Gasteiger partial charge in [0.05, 0.1) is 22.0 Å². The van der Waals surface area contributed by atoms with Crippen LogP contribution in [0.3, 0.4) is 0 Å². The molecule has 0 aliphatic carbocycles. The molecule has 10 aromatic carbocycles. The molecule has 0 aliphatic rings. The van der Waals surface area contributed by atoms with E-state index in [0.29, 0.717) is 49.6 Å². The van der Waals surface area contributed by atoms with Gasteiger partial charge in [0.1, 0.15) is 22.3 Å². The number of fused-ring (bicyclic) bond motifs is 9. The molecule has 0 unspecified atom stereocenters. The van der Waals surface area contributed by atoms with Crippen molar-refractivity contribution in [3.63, 3.8) is 0 Å². The lowest BCUT2D eigenvalue weighted by molar-refractivity contribution is 0.669. The number of para-hydroxylation sites is 1. The van der Waals surface area contributed by atoms with Crippen molar-refractivity contribution in [2.24, 2.45) is 0 Å². The molecule has 0 spiro atoms. The SMILES string of the molecule is [2H]c1c([2H])c(N(c2c([2H])c([2H])c(-c3cccc4oc5ccccc5c34)c([2H])c2[2H])c2cccc3oc4c5ccccc5ccc4c23)c([2H])c([2H])c1-c1cccc(-c2ccc3ccccc3c2)c1. The van der Waals surface area contributed by atoms with Crippen molar-refractivity contribution in [2.45, 2.75) is 0 Å². The van der Waals surface area contributed by atoms with Gasteiger partial charge in [-0.15, -0.1) is 0 Å². The van der Waals surface area contributed by atoms with Gasteiger partial charge in [0.25, 0.3) is 0 Å².